The van der Waals surface area contributed by atoms with Gasteiger partial charge in [-0.15, -0.1) is 0 Å². The summed E-state index contributed by atoms with van der Waals surface area (Å²) in [6.07, 6.45) is 2.45. The smallest absolute Gasteiger partial charge is 0.191 e. The van der Waals surface area contributed by atoms with Crippen molar-refractivity contribution in [1.29, 1.82) is 0 Å². The third-order valence-corrected chi connectivity index (χ3v) is 3.81. The molecule has 1 aromatic carbocycles. The molecule has 0 aliphatic heterocycles. The van der Waals surface area contributed by atoms with Crippen LogP contribution in [0.4, 0.5) is 0 Å². The Bertz CT molecular complexity index is 447. The Morgan fingerprint density at radius 1 is 1.32 bits per heavy atom. The maximum Gasteiger partial charge on any atom is 0.191 e. The first-order valence-electron chi connectivity index (χ1n) is 6.79. The van der Waals surface area contributed by atoms with Gasteiger partial charge in [0.2, 0.25) is 0 Å². The third kappa shape index (κ3) is 3.63. The third-order valence-electron chi connectivity index (χ3n) is 3.55. The highest BCUT2D eigenvalue weighted by Crippen LogP contribution is 2.47. The fourth-order valence-electron chi connectivity index (χ4n) is 2.24. The number of guanidine groups is 1. The Labute approximate surface area is 120 Å². The molecule has 4 heteroatoms. The van der Waals surface area contributed by atoms with Gasteiger partial charge in [-0.2, -0.15) is 0 Å². The first-order chi connectivity index (χ1) is 9.05. The van der Waals surface area contributed by atoms with Crippen molar-refractivity contribution in [3.63, 3.8) is 0 Å². The van der Waals surface area contributed by atoms with Crippen molar-refractivity contribution in [3.8, 4) is 0 Å². The molecule has 0 unspecified atom stereocenters. The Morgan fingerprint density at radius 3 is 2.42 bits per heavy atom. The normalized spacial score (nSPS) is 17.4. The predicted molar refractivity (Wildman–Crippen MR) is 82.0 cm³/mol. The van der Waals surface area contributed by atoms with Crippen LogP contribution in [-0.2, 0) is 5.41 Å². The summed E-state index contributed by atoms with van der Waals surface area (Å²) < 4.78 is 0. The highest BCUT2D eigenvalue weighted by Gasteiger charge is 2.44. The van der Waals surface area contributed by atoms with Crippen molar-refractivity contribution in [1.82, 2.24) is 10.6 Å². The van der Waals surface area contributed by atoms with Crippen LogP contribution in [0.1, 0.15) is 32.3 Å². The van der Waals surface area contributed by atoms with E-state index in [0.717, 1.165) is 17.5 Å². The topological polar surface area (TPSA) is 36.4 Å². The molecule has 0 radical (unpaired) electrons. The first kappa shape index (κ1) is 14.2. The lowest BCUT2D eigenvalue weighted by Crippen LogP contribution is -2.43. The van der Waals surface area contributed by atoms with Crippen LogP contribution >= 0.6 is 11.6 Å². The van der Waals surface area contributed by atoms with E-state index in [4.69, 9.17) is 11.6 Å². The van der Waals surface area contributed by atoms with Crippen LogP contribution in [0.5, 0.6) is 0 Å². The van der Waals surface area contributed by atoms with Crippen LogP contribution in [0.3, 0.4) is 0 Å². The highest BCUT2D eigenvalue weighted by molar-refractivity contribution is 6.30. The summed E-state index contributed by atoms with van der Waals surface area (Å²) in [5.41, 5.74) is 1.63. The summed E-state index contributed by atoms with van der Waals surface area (Å²) in [6, 6.07) is 8.60. The quantitative estimate of drug-likeness (QED) is 0.657. The molecule has 2 rings (SSSR count). The molecule has 104 valence electrons. The number of hydrogen-bond donors (Lipinski definition) is 2. The number of nitrogens with zero attached hydrogens (tertiary/aromatic N) is 1. The van der Waals surface area contributed by atoms with E-state index in [1.54, 1.807) is 7.05 Å². The summed E-state index contributed by atoms with van der Waals surface area (Å²) in [4.78, 5) is 4.24. The monoisotopic (exact) mass is 279 g/mol. The zero-order chi connectivity index (χ0) is 13.9. The maximum absolute atomic E-state index is 5.94. The van der Waals surface area contributed by atoms with E-state index >= 15 is 0 Å². The molecule has 1 aliphatic rings. The van der Waals surface area contributed by atoms with Crippen molar-refractivity contribution in [3.05, 3.63) is 34.9 Å². The van der Waals surface area contributed by atoms with Gasteiger partial charge in [0.1, 0.15) is 0 Å². The average molecular weight is 280 g/mol. The van der Waals surface area contributed by atoms with E-state index in [-0.39, 0.29) is 5.41 Å². The number of nitrogens with one attached hydrogen (secondary N) is 2. The number of halogens is 1. The molecule has 0 atom stereocenters. The second-order valence-electron chi connectivity index (χ2n) is 5.51. The fraction of sp³-hybridized carbons (Fsp3) is 0.533. The molecule has 0 saturated heterocycles. The van der Waals surface area contributed by atoms with Crippen LogP contribution < -0.4 is 10.6 Å². The fourth-order valence-corrected chi connectivity index (χ4v) is 2.37. The molecule has 1 aliphatic carbocycles. The summed E-state index contributed by atoms with van der Waals surface area (Å²) in [7, 11) is 1.81. The number of aliphatic imine (C=N–C) groups is 1. The van der Waals surface area contributed by atoms with Gasteiger partial charge in [0.15, 0.2) is 5.96 Å². The van der Waals surface area contributed by atoms with Crippen LogP contribution in [0.2, 0.25) is 5.02 Å². The molecule has 19 heavy (non-hydrogen) atoms. The second-order valence-corrected chi connectivity index (χ2v) is 5.95. The lowest BCUT2D eigenvalue weighted by atomic mass is 9.96. The van der Waals surface area contributed by atoms with Gasteiger partial charge in [0.05, 0.1) is 0 Å². The first-order valence-corrected chi connectivity index (χ1v) is 7.17. The summed E-state index contributed by atoms with van der Waals surface area (Å²) in [5.74, 6) is 0.871. The van der Waals surface area contributed by atoms with E-state index in [1.165, 1.54) is 18.4 Å². The summed E-state index contributed by atoms with van der Waals surface area (Å²) in [5, 5.41) is 7.53. The van der Waals surface area contributed by atoms with Gasteiger partial charge >= 0.3 is 0 Å². The van der Waals surface area contributed by atoms with Gasteiger partial charge in [-0.05, 0) is 44.4 Å². The van der Waals surface area contributed by atoms with Crippen LogP contribution in [0, 0.1) is 0 Å². The molecule has 0 aromatic heterocycles. The predicted octanol–water partition coefficient (Wildman–Crippen LogP) is 2.95. The van der Waals surface area contributed by atoms with Gasteiger partial charge in [-0.25, -0.2) is 0 Å². The van der Waals surface area contributed by atoms with Gasteiger partial charge < -0.3 is 10.6 Å². The molecule has 0 bridgehead atoms. The Morgan fingerprint density at radius 2 is 1.95 bits per heavy atom. The molecular formula is C15H22ClN3. The molecule has 1 aromatic rings. The zero-order valence-electron chi connectivity index (χ0n) is 11.8. The van der Waals surface area contributed by atoms with Crippen molar-refractivity contribution in [2.24, 2.45) is 4.99 Å². The number of hydrogen-bond acceptors (Lipinski definition) is 1. The molecule has 0 amide bonds. The average Bonchev–Trinajstić information content (AvgIpc) is 3.16. The minimum absolute atomic E-state index is 0.263. The molecule has 3 nitrogen and oxygen atoms in total. The molecule has 0 heterocycles. The second kappa shape index (κ2) is 5.83. The van der Waals surface area contributed by atoms with E-state index < -0.39 is 0 Å². The Balaban J connectivity index is 1.97. The highest BCUT2D eigenvalue weighted by atomic mass is 35.5. The Kier molecular flexibility index (Phi) is 4.35. The Hall–Kier alpha value is -1.22. The van der Waals surface area contributed by atoms with E-state index in [1.807, 2.05) is 12.1 Å². The van der Waals surface area contributed by atoms with E-state index in [2.05, 4.69) is 41.6 Å². The molecule has 1 saturated carbocycles. The van der Waals surface area contributed by atoms with Crippen molar-refractivity contribution < 1.29 is 0 Å². The molecular weight excluding hydrogens is 258 g/mol. The molecule has 2 N–H and O–H groups in total. The van der Waals surface area contributed by atoms with Crippen molar-refractivity contribution >= 4 is 17.6 Å². The van der Waals surface area contributed by atoms with Gasteiger partial charge in [0.25, 0.3) is 0 Å². The van der Waals surface area contributed by atoms with Crippen molar-refractivity contribution in [2.75, 3.05) is 13.6 Å². The molecule has 1 fully saturated rings. The standard InChI is InChI=1S/C15H22ClN3/c1-11(2)19-14(17-3)18-10-15(8-9-15)12-4-6-13(16)7-5-12/h4-7,11H,8-10H2,1-3H3,(H2,17,18,19). The van der Waals surface area contributed by atoms with Crippen LogP contribution in [-0.4, -0.2) is 25.6 Å². The van der Waals surface area contributed by atoms with E-state index in [9.17, 15) is 0 Å². The van der Waals surface area contributed by atoms with E-state index in [0.29, 0.717) is 6.04 Å². The van der Waals surface area contributed by atoms with Gasteiger partial charge in [-0.3, -0.25) is 4.99 Å². The maximum atomic E-state index is 5.94. The largest absolute Gasteiger partial charge is 0.356 e. The van der Waals surface area contributed by atoms with Crippen molar-refractivity contribution in [2.45, 2.75) is 38.1 Å². The lowest BCUT2D eigenvalue weighted by Gasteiger charge is -2.20. The molecule has 0 spiro atoms. The summed E-state index contributed by atoms with van der Waals surface area (Å²) >= 11 is 5.94. The number of benzene rings is 1. The minimum Gasteiger partial charge on any atom is -0.356 e. The minimum atomic E-state index is 0.263. The number of rotatable bonds is 4. The zero-order valence-corrected chi connectivity index (χ0v) is 12.6. The van der Waals surface area contributed by atoms with Crippen LogP contribution in [0.15, 0.2) is 29.3 Å². The van der Waals surface area contributed by atoms with Crippen LogP contribution in [0.25, 0.3) is 0 Å². The lowest BCUT2D eigenvalue weighted by molar-refractivity contribution is 0.630. The van der Waals surface area contributed by atoms with Gasteiger partial charge in [-0.1, -0.05) is 23.7 Å². The van der Waals surface area contributed by atoms with Gasteiger partial charge in [0, 0.05) is 30.1 Å². The summed E-state index contributed by atoms with van der Waals surface area (Å²) in [6.45, 7) is 5.14. The SMILES string of the molecule is CN=C(NCC1(c2ccc(Cl)cc2)CC1)NC(C)C.